The summed E-state index contributed by atoms with van der Waals surface area (Å²) in [5.74, 6) is -0.198. The van der Waals surface area contributed by atoms with Gasteiger partial charge in [-0.3, -0.25) is 9.69 Å². The summed E-state index contributed by atoms with van der Waals surface area (Å²) in [6.07, 6.45) is 0.184. The summed E-state index contributed by atoms with van der Waals surface area (Å²) >= 11 is 1.53. The van der Waals surface area contributed by atoms with Gasteiger partial charge in [-0.2, -0.15) is 0 Å². The Morgan fingerprint density at radius 1 is 0.973 bits per heavy atom. The van der Waals surface area contributed by atoms with Crippen molar-refractivity contribution < 1.29 is 14.3 Å². The normalized spacial score (nSPS) is 11.1. The molecule has 1 heterocycles. The Hall–Kier alpha value is -3.97. The lowest BCUT2D eigenvalue weighted by molar-refractivity contribution is 0.0580. The maximum absolute atomic E-state index is 13.2. The van der Waals surface area contributed by atoms with Gasteiger partial charge in [-0.1, -0.05) is 48.0 Å². The molecule has 0 aliphatic heterocycles. The van der Waals surface area contributed by atoms with Crippen LogP contribution in [-0.2, 0) is 11.2 Å². The highest BCUT2D eigenvalue weighted by molar-refractivity contribution is 7.07. The third-order valence-electron chi connectivity index (χ3n) is 5.66. The van der Waals surface area contributed by atoms with Crippen molar-refractivity contribution in [2.75, 3.05) is 16.8 Å². The van der Waals surface area contributed by atoms with Crippen LogP contribution < -0.4 is 10.2 Å². The minimum absolute atomic E-state index is 0.198. The smallest absolute Gasteiger partial charge is 0.414 e. The number of rotatable bonds is 7. The summed E-state index contributed by atoms with van der Waals surface area (Å²) in [5.41, 5.74) is 7.02. The maximum Gasteiger partial charge on any atom is 0.414 e. The Morgan fingerprint density at radius 2 is 1.68 bits per heavy atom. The summed E-state index contributed by atoms with van der Waals surface area (Å²) in [7, 11) is 0. The van der Waals surface area contributed by atoms with Gasteiger partial charge in [0.15, 0.2) is 0 Å². The molecule has 0 aliphatic rings. The molecule has 3 aromatic carbocycles. The number of thiazole rings is 1. The van der Waals surface area contributed by atoms with Crippen molar-refractivity contribution in [3.05, 3.63) is 101 Å². The second-order valence-corrected chi connectivity index (χ2v) is 10.5. The SMILES string of the molecule is Cc1ccc(-c2ccccc2C(=O)Nc2ccc(N(CCc3cscn3)C(=O)OC(C)(C)C)cc2)cc1. The van der Waals surface area contributed by atoms with Crippen LogP contribution in [0.4, 0.5) is 16.2 Å². The third-order valence-corrected chi connectivity index (χ3v) is 6.30. The monoisotopic (exact) mass is 513 g/mol. The van der Waals surface area contributed by atoms with Crippen molar-refractivity contribution in [2.24, 2.45) is 0 Å². The first kappa shape index (κ1) is 26.1. The number of anilines is 2. The molecule has 190 valence electrons. The van der Waals surface area contributed by atoms with Gasteiger partial charge in [0.1, 0.15) is 5.60 Å². The topological polar surface area (TPSA) is 71.5 Å². The van der Waals surface area contributed by atoms with E-state index in [9.17, 15) is 9.59 Å². The lowest BCUT2D eigenvalue weighted by Crippen LogP contribution is -2.38. The van der Waals surface area contributed by atoms with E-state index in [4.69, 9.17) is 4.74 Å². The average molecular weight is 514 g/mol. The molecule has 0 radical (unpaired) electrons. The number of carbonyl (C=O) groups excluding carboxylic acids is 2. The van der Waals surface area contributed by atoms with Crippen LogP contribution in [0.5, 0.6) is 0 Å². The van der Waals surface area contributed by atoms with Gasteiger partial charge in [-0.25, -0.2) is 9.78 Å². The van der Waals surface area contributed by atoms with Gasteiger partial charge in [-0.15, -0.1) is 11.3 Å². The lowest BCUT2D eigenvalue weighted by Gasteiger charge is -2.27. The molecular formula is C30H31N3O3S. The third kappa shape index (κ3) is 7.05. The van der Waals surface area contributed by atoms with E-state index >= 15 is 0 Å². The first-order chi connectivity index (χ1) is 17.7. The van der Waals surface area contributed by atoms with Gasteiger partial charge in [0.25, 0.3) is 5.91 Å². The van der Waals surface area contributed by atoms with Gasteiger partial charge in [0, 0.05) is 35.3 Å². The number of amides is 2. The fourth-order valence-electron chi connectivity index (χ4n) is 3.82. The van der Waals surface area contributed by atoms with Gasteiger partial charge >= 0.3 is 6.09 Å². The predicted molar refractivity (Wildman–Crippen MR) is 150 cm³/mol. The van der Waals surface area contributed by atoms with Gasteiger partial charge in [-0.05, 0) is 69.2 Å². The Morgan fingerprint density at radius 3 is 2.32 bits per heavy atom. The van der Waals surface area contributed by atoms with Gasteiger partial charge < -0.3 is 10.1 Å². The number of hydrogen-bond acceptors (Lipinski definition) is 5. The van der Waals surface area contributed by atoms with Crippen LogP contribution >= 0.6 is 11.3 Å². The van der Waals surface area contributed by atoms with Crippen molar-refractivity contribution in [3.63, 3.8) is 0 Å². The first-order valence-electron chi connectivity index (χ1n) is 12.1. The molecule has 0 atom stereocenters. The number of carbonyl (C=O) groups is 2. The molecule has 1 aromatic heterocycles. The zero-order valence-electron chi connectivity index (χ0n) is 21.5. The highest BCUT2D eigenvalue weighted by Gasteiger charge is 2.24. The molecule has 4 rings (SSSR count). The number of nitrogens with one attached hydrogen (secondary N) is 1. The van der Waals surface area contributed by atoms with E-state index < -0.39 is 11.7 Å². The van der Waals surface area contributed by atoms with Gasteiger partial charge in [0.2, 0.25) is 0 Å². The molecule has 4 aromatic rings. The van der Waals surface area contributed by atoms with Gasteiger partial charge in [0.05, 0.1) is 11.2 Å². The van der Waals surface area contributed by atoms with E-state index in [0.717, 1.165) is 22.4 Å². The Kier molecular flexibility index (Phi) is 8.04. The predicted octanol–water partition coefficient (Wildman–Crippen LogP) is 7.36. The van der Waals surface area contributed by atoms with E-state index in [1.54, 1.807) is 22.5 Å². The molecule has 0 aliphatic carbocycles. The van der Waals surface area contributed by atoms with E-state index in [2.05, 4.69) is 10.3 Å². The van der Waals surface area contributed by atoms with Crippen LogP contribution in [0.25, 0.3) is 11.1 Å². The van der Waals surface area contributed by atoms with Crippen molar-refractivity contribution in [3.8, 4) is 11.1 Å². The molecule has 7 heteroatoms. The molecular weight excluding hydrogens is 482 g/mol. The largest absolute Gasteiger partial charge is 0.443 e. The lowest BCUT2D eigenvalue weighted by atomic mass is 9.98. The molecule has 6 nitrogen and oxygen atoms in total. The fraction of sp³-hybridized carbons (Fsp3) is 0.233. The van der Waals surface area contributed by atoms with E-state index in [1.807, 2.05) is 93.7 Å². The number of aryl methyl sites for hydroxylation is 1. The molecule has 0 fully saturated rings. The Balaban J connectivity index is 1.51. The highest BCUT2D eigenvalue weighted by atomic mass is 32.1. The molecule has 0 saturated carbocycles. The second-order valence-electron chi connectivity index (χ2n) is 9.77. The molecule has 0 spiro atoms. The van der Waals surface area contributed by atoms with Crippen molar-refractivity contribution in [1.82, 2.24) is 4.98 Å². The molecule has 37 heavy (non-hydrogen) atoms. The maximum atomic E-state index is 13.2. The van der Waals surface area contributed by atoms with E-state index in [0.29, 0.717) is 29.9 Å². The zero-order chi connectivity index (χ0) is 26.4. The average Bonchev–Trinajstić information content (AvgIpc) is 3.38. The first-order valence-corrected chi connectivity index (χ1v) is 13.1. The van der Waals surface area contributed by atoms with Crippen LogP contribution in [0.2, 0.25) is 0 Å². The van der Waals surface area contributed by atoms with Crippen LogP contribution in [-0.4, -0.2) is 29.1 Å². The number of benzene rings is 3. The van der Waals surface area contributed by atoms with Crippen LogP contribution in [0.3, 0.4) is 0 Å². The number of hydrogen-bond donors (Lipinski definition) is 1. The van der Waals surface area contributed by atoms with Crippen LogP contribution in [0.15, 0.2) is 83.7 Å². The molecule has 1 N–H and O–H groups in total. The quantitative estimate of drug-likeness (QED) is 0.280. The van der Waals surface area contributed by atoms with E-state index in [1.165, 1.54) is 11.3 Å². The summed E-state index contributed by atoms with van der Waals surface area (Å²) in [6, 6.07) is 22.9. The molecule has 0 bridgehead atoms. The minimum Gasteiger partial charge on any atom is -0.443 e. The van der Waals surface area contributed by atoms with Crippen LogP contribution in [0.1, 0.15) is 42.4 Å². The number of ether oxygens (including phenoxy) is 1. The standard InChI is InChI=1S/C30H31N3O3S/c1-21-9-11-22(12-10-21)26-7-5-6-8-27(26)28(34)32-23-13-15-25(16-14-23)33(29(35)36-30(2,3)4)18-17-24-19-37-20-31-24/h5-16,19-20H,17-18H2,1-4H3,(H,32,34). The number of aromatic nitrogens is 1. The summed E-state index contributed by atoms with van der Waals surface area (Å²) in [4.78, 5) is 32.1. The second kappa shape index (κ2) is 11.4. The fourth-order valence-corrected chi connectivity index (χ4v) is 4.41. The molecule has 0 unspecified atom stereocenters. The molecule has 0 saturated heterocycles. The van der Waals surface area contributed by atoms with Crippen LogP contribution in [0, 0.1) is 6.92 Å². The Labute approximate surface area is 221 Å². The van der Waals surface area contributed by atoms with Crippen molar-refractivity contribution in [1.29, 1.82) is 0 Å². The summed E-state index contributed by atoms with van der Waals surface area (Å²) in [6.45, 7) is 7.99. The zero-order valence-corrected chi connectivity index (χ0v) is 22.3. The van der Waals surface area contributed by atoms with Crippen molar-refractivity contribution >= 4 is 34.7 Å². The highest BCUT2D eigenvalue weighted by Crippen LogP contribution is 2.26. The summed E-state index contributed by atoms with van der Waals surface area (Å²) < 4.78 is 5.64. The summed E-state index contributed by atoms with van der Waals surface area (Å²) in [5, 5.41) is 4.96. The molecule has 2 amide bonds. The Bertz CT molecular complexity index is 1340. The minimum atomic E-state index is -0.616. The van der Waals surface area contributed by atoms with E-state index in [-0.39, 0.29) is 5.91 Å². The van der Waals surface area contributed by atoms with Crippen molar-refractivity contribution in [2.45, 2.75) is 39.7 Å². The number of nitrogens with zero attached hydrogens (tertiary/aromatic N) is 2.